The Kier molecular flexibility index (Phi) is 5.16. The molecular weight excluding hydrogens is 353 g/mol. The van der Waals surface area contributed by atoms with Crippen LogP contribution >= 0.6 is 0 Å². The first-order chi connectivity index (χ1) is 13.0. The zero-order valence-electron chi connectivity index (χ0n) is 14.4. The standard InChI is InChI=1S/C19H16FN3O4/c1-27-16-8-4-14(5-9-16)21-17(24)12-22-10-11-23(19(26)18(22)25)15-6-2-13(20)3-7-15/h2-11H,12H2,1H3,(H,21,24). The molecule has 1 aromatic heterocycles. The van der Waals surface area contributed by atoms with Crippen molar-refractivity contribution < 1.29 is 13.9 Å². The normalized spacial score (nSPS) is 10.4. The van der Waals surface area contributed by atoms with Gasteiger partial charge < -0.3 is 10.1 Å². The summed E-state index contributed by atoms with van der Waals surface area (Å²) in [6, 6.07) is 11.8. The molecule has 8 heteroatoms. The number of aromatic nitrogens is 2. The molecule has 0 radical (unpaired) electrons. The van der Waals surface area contributed by atoms with E-state index in [-0.39, 0.29) is 6.54 Å². The van der Waals surface area contributed by atoms with Gasteiger partial charge in [-0.2, -0.15) is 0 Å². The molecular formula is C19H16FN3O4. The van der Waals surface area contributed by atoms with Crippen molar-refractivity contribution in [2.24, 2.45) is 0 Å². The van der Waals surface area contributed by atoms with Crippen molar-refractivity contribution in [3.8, 4) is 11.4 Å². The molecule has 1 heterocycles. The fraction of sp³-hybridized carbons (Fsp3) is 0.105. The van der Waals surface area contributed by atoms with E-state index >= 15 is 0 Å². The van der Waals surface area contributed by atoms with Gasteiger partial charge in [0.05, 0.1) is 7.11 Å². The minimum Gasteiger partial charge on any atom is -0.497 e. The van der Waals surface area contributed by atoms with E-state index in [2.05, 4.69) is 5.32 Å². The number of benzene rings is 2. The van der Waals surface area contributed by atoms with Crippen molar-refractivity contribution in [1.29, 1.82) is 0 Å². The van der Waals surface area contributed by atoms with E-state index in [9.17, 15) is 18.8 Å². The highest BCUT2D eigenvalue weighted by Gasteiger charge is 2.10. The van der Waals surface area contributed by atoms with Crippen LogP contribution in [0.15, 0.2) is 70.5 Å². The van der Waals surface area contributed by atoms with Crippen molar-refractivity contribution in [3.63, 3.8) is 0 Å². The van der Waals surface area contributed by atoms with Gasteiger partial charge in [-0.3, -0.25) is 23.5 Å². The SMILES string of the molecule is COc1ccc(NC(=O)Cn2ccn(-c3ccc(F)cc3)c(=O)c2=O)cc1. The number of methoxy groups -OCH3 is 1. The lowest BCUT2D eigenvalue weighted by atomic mass is 10.3. The third kappa shape index (κ3) is 4.12. The van der Waals surface area contributed by atoms with Crippen LogP contribution in [0.3, 0.4) is 0 Å². The van der Waals surface area contributed by atoms with Crippen LogP contribution in [0, 0.1) is 5.82 Å². The molecule has 0 aliphatic rings. The monoisotopic (exact) mass is 369 g/mol. The van der Waals surface area contributed by atoms with Gasteiger partial charge in [0, 0.05) is 23.8 Å². The van der Waals surface area contributed by atoms with Crippen molar-refractivity contribution in [2.45, 2.75) is 6.54 Å². The van der Waals surface area contributed by atoms with E-state index in [0.29, 0.717) is 17.1 Å². The molecule has 27 heavy (non-hydrogen) atoms. The molecule has 0 unspecified atom stereocenters. The quantitative estimate of drug-likeness (QED) is 0.695. The van der Waals surface area contributed by atoms with Crippen LogP contribution in [0.1, 0.15) is 0 Å². The van der Waals surface area contributed by atoms with Gasteiger partial charge in [-0.05, 0) is 48.5 Å². The van der Waals surface area contributed by atoms with Crippen LogP contribution in [0.4, 0.5) is 10.1 Å². The average Bonchev–Trinajstić information content (AvgIpc) is 2.67. The number of carbonyl (C=O) groups is 1. The molecule has 138 valence electrons. The maximum atomic E-state index is 13.0. The number of ether oxygens (including phenoxy) is 1. The molecule has 3 aromatic rings. The molecule has 0 saturated carbocycles. The molecule has 1 amide bonds. The smallest absolute Gasteiger partial charge is 0.320 e. The molecule has 1 N–H and O–H groups in total. The first-order valence-electron chi connectivity index (χ1n) is 8.00. The summed E-state index contributed by atoms with van der Waals surface area (Å²) < 4.78 is 20.2. The van der Waals surface area contributed by atoms with E-state index in [1.807, 2.05) is 0 Å². The highest BCUT2D eigenvalue weighted by atomic mass is 19.1. The van der Waals surface area contributed by atoms with Crippen LogP contribution < -0.4 is 21.2 Å². The molecule has 7 nitrogen and oxygen atoms in total. The minimum absolute atomic E-state index is 0.315. The summed E-state index contributed by atoms with van der Waals surface area (Å²) in [6.45, 7) is -0.315. The number of hydrogen-bond donors (Lipinski definition) is 1. The number of nitrogens with one attached hydrogen (secondary N) is 1. The highest BCUT2D eigenvalue weighted by molar-refractivity contribution is 5.90. The lowest BCUT2D eigenvalue weighted by Crippen LogP contribution is -2.41. The first kappa shape index (κ1) is 18.1. The zero-order chi connectivity index (χ0) is 19.4. The van der Waals surface area contributed by atoms with Crippen molar-refractivity contribution in [1.82, 2.24) is 9.13 Å². The Bertz CT molecular complexity index is 1070. The van der Waals surface area contributed by atoms with Gasteiger partial charge in [-0.15, -0.1) is 0 Å². The van der Waals surface area contributed by atoms with E-state index in [0.717, 1.165) is 9.13 Å². The second kappa shape index (κ2) is 7.69. The fourth-order valence-electron chi connectivity index (χ4n) is 2.47. The van der Waals surface area contributed by atoms with Crippen LogP contribution in [0.25, 0.3) is 5.69 Å². The molecule has 0 spiro atoms. The third-order valence-corrected chi connectivity index (χ3v) is 3.85. The van der Waals surface area contributed by atoms with Gasteiger partial charge in [0.1, 0.15) is 18.1 Å². The molecule has 0 atom stereocenters. The van der Waals surface area contributed by atoms with E-state index < -0.39 is 22.8 Å². The maximum absolute atomic E-state index is 13.0. The second-order valence-electron chi connectivity index (χ2n) is 5.66. The predicted octanol–water partition coefficient (Wildman–Crippen LogP) is 1.79. The Hall–Kier alpha value is -3.68. The average molecular weight is 369 g/mol. The number of carbonyl (C=O) groups excluding carboxylic acids is 1. The first-order valence-corrected chi connectivity index (χ1v) is 8.00. The lowest BCUT2D eigenvalue weighted by Gasteiger charge is -2.10. The molecule has 0 fully saturated rings. The lowest BCUT2D eigenvalue weighted by molar-refractivity contribution is -0.116. The molecule has 0 bridgehead atoms. The van der Waals surface area contributed by atoms with Gasteiger partial charge in [0.15, 0.2) is 0 Å². The van der Waals surface area contributed by atoms with Crippen LogP contribution in [0.5, 0.6) is 5.75 Å². The zero-order valence-corrected chi connectivity index (χ0v) is 14.4. The van der Waals surface area contributed by atoms with Crippen molar-refractivity contribution in [2.75, 3.05) is 12.4 Å². The Morgan fingerprint density at radius 3 is 2.30 bits per heavy atom. The topological polar surface area (TPSA) is 82.3 Å². The van der Waals surface area contributed by atoms with Gasteiger partial charge in [-0.1, -0.05) is 0 Å². The van der Waals surface area contributed by atoms with Crippen LogP contribution in [-0.4, -0.2) is 22.2 Å². The second-order valence-corrected chi connectivity index (χ2v) is 5.66. The van der Waals surface area contributed by atoms with E-state index in [1.165, 1.54) is 43.8 Å². The van der Waals surface area contributed by atoms with Crippen LogP contribution in [-0.2, 0) is 11.3 Å². The number of anilines is 1. The Labute approximate surface area is 153 Å². The van der Waals surface area contributed by atoms with Crippen molar-refractivity contribution >= 4 is 11.6 Å². The molecule has 3 rings (SSSR count). The summed E-state index contributed by atoms with van der Waals surface area (Å²) >= 11 is 0. The molecule has 0 aliphatic heterocycles. The Balaban J connectivity index is 1.78. The Morgan fingerprint density at radius 2 is 1.67 bits per heavy atom. The third-order valence-electron chi connectivity index (χ3n) is 3.85. The minimum atomic E-state index is -0.855. The Morgan fingerprint density at radius 1 is 1.00 bits per heavy atom. The molecule has 0 saturated heterocycles. The largest absolute Gasteiger partial charge is 0.497 e. The molecule has 2 aromatic carbocycles. The number of amides is 1. The summed E-state index contributed by atoms with van der Waals surface area (Å²) in [5.74, 6) is -0.259. The van der Waals surface area contributed by atoms with Crippen molar-refractivity contribution in [3.05, 3.63) is 87.4 Å². The number of hydrogen-bond acceptors (Lipinski definition) is 4. The van der Waals surface area contributed by atoms with Gasteiger partial charge in [-0.25, -0.2) is 4.39 Å². The van der Waals surface area contributed by atoms with Gasteiger partial charge in [0.25, 0.3) is 0 Å². The summed E-state index contributed by atoms with van der Waals surface area (Å²) in [4.78, 5) is 36.7. The van der Waals surface area contributed by atoms with Gasteiger partial charge in [0.2, 0.25) is 5.91 Å². The van der Waals surface area contributed by atoms with Crippen LogP contribution in [0.2, 0.25) is 0 Å². The number of halogens is 1. The summed E-state index contributed by atoms with van der Waals surface area (Å²) in [5, 5.41) is 2.64. The van der Waals surface area contributed by atoms with E-state index in [4.69, 9.17) is 4.74 Å². The number of nitrogens with zero attached hydrogens (tertiary/aromatic N) is 2. The summed E-state index contributed by atoms with van der Waals surface area (Å²) in [6.07, 6.45) is 2.69. The predicted molar refractivity (Wildman–Crippen MR) is 97.9 cm³/mol. The summed E-state index contributed by atoms with van der Waals surface area (Å²) in [7, 11) is 1.54. The van der Waals surface area contributed by atoms with Gasteiger partial charge >= 0.3 is 11.1 Å². The fourth-order valence-corrected chi connectivity index (χ4v) is 2.47. The van der Waals surface area contributed by atoms with E-state index in [1.54, 1.807) is 24.3 Å². The molecule has 0 aliphatic carbocycles. The maximum Gasteiger partial charge on any atom is 0.320 e. The summed E-state index contributed by atoms with van der Waals surface area (Å²) in [5.41, 5.74) is -0.796. The number of rotatable bonds is 5. The highest BCUT2D eigenvalue weighted by Crippen LogP contribution is 2.14.